The van der Waals surface area contributed by atoms with Crippen molar-refractivity contribution in [3.8, 4) is 55.6 Å². The van der Waals surface area contributed by atoms with E-state index in [0.29, 0.717) is 0 Å². The van der Waals surface area contributed by atoms with Gasteiger partial charge in [-0.3, -0.25) is 0 Å². The van der Waals surface area contributed by atoms with Crippen LogP contribution in [-0.2, 0) is 16.2 Å². The maximum absolute atomic E-state index is 2.48. The maximum Gasteiger partial charge on any atom is 0.0488 e. The van der Waals surface area contributed by atoms with E-state index in [4.69, 9.17) is 0 Å². The maximum atomic E-state index is 2.48. The molecular formula is C93H74N4. The average molecular weight is 1250 g/mol. The molecule has 0 saturated heterocycles. The number of benzene rings is 14. The third-order valence-electron chi connectivity index (χ3n) is 20.9. The molecule has 0 amide bonds. The van der Waals surface area contributed by atoms with E-state index in [-0.39, 0.29) is 16.2 Å². The fraction of sp³-hybridized carbons (Fsp3) is 0.0968. The van der Waals surface area contributed by atoms with E-state index in [0.717, 1.165) is 90.5 Å². The highest BCUT2D eigenvalue weighted by atomic mass is 15.2. The largest absolute Gasteiger partial charge is 0.310 e. The molecule has 3 aliphatic carbocycles. The van der Waals surface area contributed by atoms with Gasteiger partial charge in [-0.15, -0.1) is 0 Å². The molecule has 0 heterocycles. The first-order chi connectivity index (χ1) is 47.4. The topological polar surface area (TPSA) is 13.0 Å². The van der Waals surface area contributed by atoms with E-state index in [1.165, 1.54) is 66.8 Å². The van der Waals surface area contributed by atoms with Crippen molar-refractivity contribution in [3.63, 3.8) is 0 Å². The van der Waals surface area contributed by atoms with E-state index in [1.54, 1.807) is 0 Å². The van der Waals surface area contributed by atoms with Crippen LogP contribution in [0, 0.1) is 0 Å². The molecule has 0 unspecified atom stereocenters. The molecular weight excluding hydrogens is 1170 g/mol. The summed E-state index contributed by atoms with van der Waals surface area (Å²) in [6.45, 7) is 14.3. The van der Waals surface area contributed by atoms with Gasteiger partial charge in [0.05, 0.1) is 0 Å². The SMILES string of the molecule is CC1(C)c2ccccc2-c2cc(N(c3ccccc3)c3cc(-c4ccc5c(c4)C(C)(C)c4cc(-c6cc(N(c7ccccc7)c7ccccc7)cc(N(c7ccccc7)c7ccc8c(c7)-c7ccccc7C8(C)C)c6)ccc4-5)cc(N(c4ccccc4)c4ccccc4)c3)ccc21. The van der Waals surface area contributed by atoms with Gasteiger partial charge >= 0.3 is 0 Å². The molecule has 0 N–H and O–H groups in total. The van der Waals surface area contributed by atoms with E-state index in [2.05, 4.69) is 401 Å². The third kappa shape index (κ3) is 10.0. The van der Waals surface area contributed by atoms with Gasteiger partial charge in [-0.05, 0) is 235 Å². The Morgan fingerprint density at radius 1 is 0.155 bits per heavy atom. The zero-order valence-electron chi connectivity index (χ0n) is 55.6. The number of para-hydroxylation sites is 6. The van der Waals surface area contributed by atoms with E-state index >= 15 is 0 Å². The summed E-state index contributed by atoms with van der Waals surface area (Å²) < 4.78 is 0. The van der Waals surface area contributed by atoms with Gasteiger partial charge in [0.1, 0.15) is 0 Å². The summed E-state index contributed by atoms with van der Waals surface area (Å²) in [5.41, 5.74) is 32.6. The highest BCUT2D eigenvalue weighted by Crippen LogP contribution is 2.56. The zero-order valence-corrected chi connectivity index (χ0v) is 55.6. The van der Waals surface area contributed by atoms with Gasteiger partial charge in [0.25, 0.3) is 0 Å². The quantitative estimate of drug-likeness (QED) is 0.108. The Labute approximate surface area is 570 Å². The molecule has 0 radical (unpaired) electrons. The van der Waals surface area contributed by atoms with E-state index < -0.39 is 0 Å². The van der Waals surface area contributed by atoms with Crippen LogP contribution in [0.1, 0.15) is 74.9 Å². The van der Waals surface area contributed by atoms with Gasteiger partial charge < -0.3 is 19.6 Å². The summed E-state index contributed by atoms with van der Waals surface area (Å²) in [6.07, 6.45) is 0. The number of rotatable bonds is 14. The Balaban J connectivity index is 0.819. The minimum absolute atomic E-state index is 0.120. The molecule has 17 rings (SSSR count). The molecule has 14 aromatic rings. The van der Waals surface area contributed by atoms with Crippen LogP contribution in [0.5, 0.6) is 0 Å². The van der Waals surface area contributed by atoms with Crippen molar-refractivity contribution < 1.29 is 0 Å². The van der Waals surface area contributed by atoms with Gasteiger partial charge in [0, 0.05) is 84.5 Å². The first-order valence-corrected chi connectivity index (χ1v) is 34.0. The van der Waals surface area contributed by atoms with Gasteiger partial charge in [0.15, 0.2) is 0 Å². The Morgan fingerprint density at radius 3 is 0.711 bits per heavy atom. The number of fused-ring (bicyclic) bond motifs is 9. The highest BCUT2D eigenvalue weighted by Gasteiger charge is 2.39. The van der Waals surface area contributed by atoms with Crippen molar-refractivity contribution in [3.05, 3.63) is 373 Å². The van der Waals surface area contributed by atoms with Crippen molar-refractivity contribution in [2.45, 2.75) is 57.8 Å². The summed E-state index contributed by atoms with van der Waals surface area (Å²) in [6, 6.07) is 126. The van der Waals surface area contributed by atoms with Gasteiger partial charge in [0.2, 0.25) is 0 Å². The van der Waals surface area contributed by atoms with Crippen molar-refractivity contribution in [2.75, 3.05) is 19.6 Å². The summed E-state index contributed by atoms with van der Waals surface area (Å²) in [5.74, 6) is 0. The lowest BCUT2D eigenvalue weighted by molar-refractivity contribution is 0.660. The molecule has 0 bridgehead atoms. The standard InChI is InChI=1S/C93H74N4/c1-91(2)85-43-27-25-41-79(85)83-61-73(47-51-87(83)91)96(71-37-21-11-22-38-71)77-55-65(53-75(59-77)94(67-29-13-7-14-30-67)68-31-15-8-16-32-68)63-45-49-81-82-50-46-64(58-90(82)93(5,6)89(81)57-63)66-54-76(95(69-33-17-9-18-34-69)70-35-19-10-20-36-70)60-78(56-66)97(72-39-23-12-24-40-72)74-48-52-88-84(62-74)80-42-26-28-44-86(80)92(88,3)4/h7-62H,1-6H3. The van der Waals surface area contributed by atoms with Crippen LogP contribution in [0.2, 0.25) is 0 Å². The molecule has 0 saturated carbocycles. The number of hydrogen-bond donors (Lipinski definition) is 0. The fourth-order valence-electron chi connectivity index (χ4n) is 16.1. The van der Waals surface area contributed by atoms with Crippen LogP contribution in [0.25, 0.3) is 55.6 Å². The molecule has 466 valence electrons. The second-order valence-corrected chi connectivity index (χ2v) is 27.8. The predicted molar refractivity (Wildman–Crippen MR) is 409 cm³/mol. The molecule has 0 aliphatic heterocycles. The smallest absolute Gasteiger partial charge is 0.0488 e. The zero-order chi connectivity index (χ0) is 65.6. The van der Waals surface area contributed by atoms with Crippen molar-refractivity contribution in [1.29, 1.82) is 0 Å². The van der Waals surface area contributed by atoms with Crippen molar-refractivity contribution in [1.82, 2.24) is 0 Å². The molecule has 4 heteroatoms. The number of nitrogens with zero attached hydrogens (tertiary/aromatic N) is 4. The van der Waals surface area contributed by atoms with Crippen LogP contribution in [-0.4, -0.2) is 0 Å². The van der Waals surface area contributed by atoms with Crippen LogP contribution < -0.4 is 19.6 Å². The van der Waals surface area contributed by atoms with Crippen LogP contribution in [0.15, 0.2) is 340 Å². The summed E-state index contributed by atoms with van der Waals surface area (Å²) in [5, 5.41) is 0. The van der Waals surface area contributed by atoms with E-state index in [9.17, 15) is 0 Å². The Bertz CT molecular complexity index is 4900. The van der Waals surface area contributed by atoms with Crippen LogP contribution in [0.3, 0.4) is 0 Å². The molecule has 97 heavy (non-hydrogen) atoms. The van der Waals surface area contributed by atoms with Crippen molar-refractivity contribution in [2.24, 2.45) is 0 Å². The highest BCUT2D eigenvalue weighted by molar-refractivity contribution is 5.95. The van der Waals surface area contributed by atoms with Crippen LogP contribution in [0.4, 0.5) is 68.2 Å². The second-order valence-electron chi connectivity index (χ2n) is 27.8. The molecule has 4 nitrogen and oxygen atoms in total. The van der Waals surface area contributed by atoms with Crippen molar-refractivity contribution >= 4 is 68.2 Å². The fourth-order valence-corrected chi connectivity index (χ4v) is 16.1. The van der Waals surface area contributed by atoms with Crippen LogP contribution >= 0.6 is 0 Å². The summed E-state index contributed by atoms with van der Waals surface area (Å²) in [4.78, 5) is 9.70. The monoisotopic (exact) mass is 1250 g/mol. The first kappa shape index (κ1) is 59.1. The average Bonchev–Trinajstić information content (AvgIpc) is 1.61. The van der Waals surface area contributed by atoms with Gasteiger partial charge in [-0.2, -0.15) is 0 Å². The molecule has 0 atom stereocenters. The lowest BCUT2D eigenvalue weighted by Crippen LogP contribution is -2.16. The molecule has 0 spiro atoms. The Kier molecular flexibility index (Phi) is 14.2. The molecule has 3 aliphatic rings. The minimum Gasteiger partial charge on any atom is -0.310 e. The van der Waals surface area contributed by atoms with E-state index in [1.807, 2.05) is 0 Å². The third-order valence-corrected chi connectivity index (χ3v) is 20.9. The summed E-state index contributed by atoms with van der Waals surface area (Å²) in [7, 11) is 0. The second kappa shape index (κ2) is 23.3. The predicted octanol–water partition coefficient (Wildman–Crippen LogP) is 25.8. The van der Waals surface area contributed by atoms with Gasteiger partial charge in [-0.1, -0.05) is 236 Å². The molecule has 0 fully saturated rings. The van der Waals surface area contributed by atoms with Gasteiger partial charge in [-0.25, -0.2) is 0 Å². The number of anilines is 12. The normalized spacial score (nSPS) is 13.7. The number of hydrogen-bond acceptors (Lipinski definition) is 4. The summed E-state index contributed by atoms with van der Waals surface area (Å²) >= 11 is 0. The molecule has 14 aromatic carbocycles. The Hall–Kier alpha value is -11.7. The minimum atomic E-state index is -0.368. The lowest BCUT2D eigenvalue weighted by atomic mass is 9.80. The molecule has 0 aromatic heterocycles. The Morgan fingerprint density at radius 2 is 0.402 bits per heavy atom. The lowest BCUT2D eigenvalue weighted by Gasteiger charge is -2.31. The first-order valence-electron chi connectivity index (χ1n) is 34.0.